The molecule has 1 amide bonds. The minimum atomic E-state index is -0.630. The van der Waals surface area contributed by atoms with Crippen LogP contribution in [-0.4, -0.2) is 24.3 Å². The quantitative estimate of drug-likeness (QED) is 0.651. The predicted molar refractivity (Wildman–Crippen MR) is 86.4 cm³/mol. The number of nitriles is 1. The number of anilines is 1. The Hall–Kier alpha value is -3.46. The normalized spacial score (nSPS) is 9.62. The molecule has 0 aromatic heterocycles. The van der Waals surface area contributed by atoms with Gasteiger partial charge in [0.2, 0.25) is 5.91 Å². The fourth-order valence-corrected chi connectivity index (χ4v) is 1.89. The Labute approximate surface area is 138 Å². The minimum Gasteiger partial charge on any atom is -0.454 e. The summed E-state index contributed by atoms with van der Waals surface area (Å²) >= 11 is 0. The van der Waals surface area contributed by atoms with Crippen LogP contribution in [-0.2, 0) is 9.53 Å². The van der Waals surface area contributed by atoms with E-state index in [4.69, 9.17) is 10.00 Å². The van der Waals surface area contributed by atoms with Crippen LogP contribution in [0.5, 0.6) is 0 Å². The van der Waals surface area contributed by atoms with Crippen LogP contribution in [0.25, 0.3) is 0 Å². The first-order chi connectivity index (χ1) is 11.6. The number of benzene rings is 2. The Kier molecular flexibility index (Phi) is 5.81. The van der Waals surface area contributed by atoms with Crippen LogP contribution in [0.4, 0.5) is 5.69 Å². The van der Waals surface area contributed by atoms with E-state index in [1.54, 1.807) is 36.4 Å². The molecule has 2 aromatic carbocycles. The van der Waals surface area contributed by atoms with Crippen LogP contribution in [0.2, 0.25) is 0 Å². The minimum absolute atomic E-state index is 0.245. The number of hydrogen-bond donors (Lipinski definition) is 1. The van der Waals surface area contributed by atoms with Gasteiger partial charge >= 0.3 is 5.97 Å². The van der Waals surface area contributed by atoms with Gasteiger partial charge in [0.25, 0.3) is 0 Å². The summed E-state index contributed by atoms with van der Waals surface area (Å²) in [4.78, 5) is 35.1. The topological polar surface area (TPSA) is 96.3 Å². The van der Waals surface area contributed by atoms with Gasteiger partial charge in [0.1, 0.15) is 6.42 Å². The van der Waals surface area contributed by atoms with Gasteiger partial charge in [-0.1, -0.05) is 30.3 Å². The number of ether oxygens (including phenoxy) is 1. The number of nitrogens with one attached hydrogen (secondary N) is 1. The molecular formula is C18H14N2O4. The third kappa shape index (κ3) is 4.78. The van der Waals surface area contributed by atoms with E-state index in [9.17, 15) is 14.4 Å². The highest BCUT2D eigenvalue weighted by atomic mass is 16.5. The number of rotatable bonds is 6. The first kappa shape index (κ1) is 16.9. The van der Waals surface area contributed by atoms with Crippen molar-refractivity contribution in [1.82, 2.24) is 0 Å². The molecule has 2 rings (SSSR count). The van der Waals surface area contributed by atoms with Gasteiger partial charge < -0.3 is 10.1 Å². The van der Waals surface area contributed by atoms with Crippen molar-refractivity contribution in [1.29, 1.82) is 5.26 Å². The van der Waals surface area contributed by atoms with Crippen LogP contribution >= 0.6 is 0 Å². The number of ketones is 1. The van der Waals surface area contributed by atoms with E-state index in [1.165, 1.54) is 24.3 Å². The highest BCUT2D eigenvalue weighted by molar-refractivity contribution is 5.99. The average molecular weight is 322 g/mol. The Bertz CT molecular complexity index is 777. The lowest BCUT2D eigenvalue weighted by molar-refractivity contribution is -0.115. The second kappa shape index (κ2) is 8.25. The van der Waals surface area contributed by atoms with E-state index in [0.717, 1.165) is 0 Å². The highest BCUT2D eigenvalue weighted by Gasteiger charge is 2.12. The highest BCUT2D eigenvalue weighted by Crippen LogP contribution is 2.11. The van der Waals surface area contributed by atoms with E-state index in [0.29, 0.717) is 11.3 Å². The molecule has 0 saturated heterocycles. The summed E-state index contributed by atoms with van der Waals surface area (Å²) in [5.41, 5.74) is 1.20. The summed E-state index contributed by atoms with van der Waals surface area (Å²) in [5, 5.41) is 10.9. The molecule has 0 heterocycles. The molecule has 24 heavy (non-hydrogen) atoms. The first-order valence-electron chi connectivity index (χ1n) is 7.12. The number of Topliss-reactive ketones (excluding diaryl/α,β-unsaturated/α-hetero) is 1. The molecular weight excluding hydrogens is 308 g/mol. The molecule has 0 aliphatic heterocycles. The Morgan fingerprint density at radius 1 is 0.958 bits per heavy atom. The van der Waals surface area contributed by atoms with Crippen LogP contribution in [0.15, 0.2) is 54.6 Å². The van der Waals surface area contributed by atoms with Gasteiger partial charge in [-0.15, -0.1) is 0 Å². The first-order valence-corrected chi connectivity index (χ1v) is 7.12. The summed E-state index contributed by atoms with van der Waals surface area (Å²) in [5.74, 6) is -1.35. The number of nitrogens with zero attached hydrogens (tertiary/aromatic N) is 1. The Balaban J connectivity index is 1.90. The largest absolute Gasteiger partial charge is 0.454 e. The van der Waals surface area contributed by atoms with Gasteiger partial charge in [-0.3, -0.25) is 9.59 Å². The molecule has 120 valence electrons. The average Bonchev–Trinajstić information content (AvgIpc) is 2.61. The van der Waals surface area contributed by atoms with E-state index < -0.39 is 11.9 Å². The lowest BCUT2D eigenvalue weighted by atomic mass is 10.1. The molecule has 0 radical (unpaired) electrons. The molecule has 0 saturated carbocycles. The van der Waals surface area contributed by atoms with E-state index >= 15 is 0 Å². The predicted octanol–water partition coefficient (Wildman–Crippen LogP) is 2.58. The van der Waals surface area contributed by atoms with Gasteiger partial charge in [-0.05, 0) is 24.3 Å². The van der Waals surface area contributed by atoms with Gasteiger partial charge in [-0.2, -0.15) is 5.26 Å². The van der Waals surface area contributed by atoms with E-state index in [-0.39, 0.29) is 24.4 Å². The van der Waals surface area contributed by atoms with Crippen molar-refractivity contribution >= 4 is 23.3 Å². The molecule has 0 aliphatic rings. The summed E-state index contributed by atoms with van der Waals surface area (Å²) < 4.78 is 4.98. The molecule has 0 spiro atoms. The fourth-order valence-electron chi connectivity index (χ4n) is 1.89. The van der Waals surface area contributed by atoms with E-state index in [2.05, 4.69) is 5.32 Å². The third-order valence-corrected chi connectivity index (χ3v) is 3.07. The van der Waals surface area contributed by atoms with Crippen LogP contribution < -0.4 is 5.32 Å². The summed E-state index contributed by atoms with van der Waals surface area (Å²) in [6.07, 6.45) is -0.245. The number of esters is 1. The second-order valence-corrected chi connectivity index (χ2v) is 4.83. The molecule has 1 N–H and O–H groups in total. The van der Waals surface area contributed by atoms with Crippen molar-refractivity contribution < 1.29 is 19.1 Å². The molecule has 0 bridgehead atoms. The molecule has 0 unspecified atom stereocenters. The van der Waals surface area contributed by atoms with Gasteiger partial charge in [0.15, 0.2) is 12.4 Å². The monoisotopic (exact) mass is 322 g/mol. The molecule has 6 heteroatoms. The van der Waals surface area contributed by atoms with Crippen molar-refractivity contribution in [3.63, 3.8) is 0 Å². The van der Waals surface area contributed by atoms with Gasteiger partial charge in [0, 0.05) is 11.3 Å². The smallest absolute Gasteiger partial charge is 0.338 e. The number of carbonyl (C=O) groups excluding carboxylic acids is 3. The fraction of sp³-hybridized carbons (Fsp3) is 0.111. The maximum atomic E-state index is 11.9. The zero-order chi connectivity index (χ0) is 17.4. The maximum Gasteiger partial charge on any atom is 0.338 e. The van der Waals surface area contributed by atoms with Gasteiger partial charge in [-0.25, -0.2) is 4.79 Å². The molecule has 6 nitrogen and oxygen atoms in total. The lowest BCUT2D eigenvalue weighted by Crippen LogP contribution is -2.14. The van der Waals surface area contributed by atoms with Gasteiger partial charge in [0.05, 0.1) is 11.6 Å². The standard InChI is InChI=1S/C18H14N2O4/c19-11-10-17(22)20-15-8-6-14(7-9-15)18(23)24-12-16(21)13-4-2-1-3-5-13/h1-9H,10,12H2,(H,20,22). The van der Waals surface area contributed by atoms with E-state index in [1.807, 2.05) is 0 Å². The Morgan fingerprint density at radius 3 is 2.25 bits per heavy atom. The maximum absolute atomic E-state index is 11.9. The second-order valence-electron chi connectivity index (χ2n) is 4.83. The van der Waals surface area contributed by atoms with Crippen molar-refractivity contribution in [2.45, 2.75) is 6.42 Å². The van der Waals surface area contributed by atoms with Crippen LogP contribution in [0.1, 0.15) is 27.1 Å². The van der Waals surface area contributed by atoms with Crippen molar-refractivity contribution in [2.24, 2.45) is 0 Å². The molecule has 0 aliphatic carbocycles. The number of hydrogen-bond acceptors (Lipinski definition) is 5. The van der Waals surface area contributed by atoms with Crippen molar-refractivity contribution in [2.75, 3.05) is 11.9 Å². The summed E-state index contributed by atoms with van der Waals surface area (Å²) in [7, 11) is 0. The number of carbonyl (C=O) groups is 3. The van der Waals surface area contributed by atoms with Crippen LogP contribution in [0.3, 0.4) is 0 Å². The molecule has 0 fully saturated rings. The zero-order valence-electron chi connectivity index (χ0n) is 12.7. The lowest BCUT2D eigenvalue weighted by Gasteiger charge is -2.06. The molecule has 0 atom stereocenters. The zero-order valence-corrected chi connectivity index (χ0v) is 12.7. The molecule has 2 aromatic rings. The van der Waals surface area contributed by atoms with Crippen molar-refractivity contribution in [3.8, 4) is 6.07 Å². The summed E-state index contributed by atoms with van der Waals surface area (Å²) in [6, 6.07) is 16.3. The van der Waals surface area contributed by atoms with Crippen molar-refractivity contribution in [3.05, 3.63) is 65.7 Å². The summed E-state index contributed by atoms with van der Waals surface area (Å²) in [6.45, 7) is -0.344. The SMILES string of the molecule is N#CCC(=O)Nc1ccc(C(=O)OCC(=O)c2ccccc2)cc1. The Morgan fingerprint density at radius 2 is 1.62 bits per heavy atom. The number of amides is 1. The van der Waals surface area contributed by atoms with Crippen LogP contribution in [0, 0.1) is 11.3 Å². The third-order valence-electron chi connectivity index (χ3n) is 3.07.